The molecule has 0 fully saturated rings. The van der Waals surface area contributed by atoms with Crippen molar-refractivity contribution in [2.45, 2.75) is 33.8 Å². The predicted octanol–water partition coefficient (Wildman–Crippen LogP) is 3.83. The van der Waals surface area contributed by atoms with E-state index in [9.17, 15) is 4.79 Å². The topological polar surface area (TPSA) is 35.5 Å². The zero-order chi connectivity index (χ0) is 15.0. The Balaban J connectivity index is 2.22. The Kier molecular flexibility index (Phi) is 6.46. The minimum absolute atomic E-state index is 0.168. The van der Waals surface area contributed by atoms with E-state index in [1.807, 2.05) is 45.0 Å². The molecule has 0 N–H and O–H groups in total. The van der Waals surface area contributed by atoms with Crippen molar-refractivity contribution in [2.24, 2.45) is 5.41 Å². The number of rotatable bonds is 8. The van der Waals surface area contributed by atoms with Gasteiger partial charge in [-0.25, -0.2) is 0 Å². The van der Waals surface area contributed by atoms with Gasteiger partial charge in [0.2, 0.25) is 0 Å². The Morgan fingerprint density at radius 3 is 2.45 bits per heavy atom. The highest BCUT2D eigenvalue weighted by molar-refractivity contribution is 5.75. The average Bonchev–Trinajstić information content (AvgIpc) is 2.47. The first-order chi connectivity index (χ1) is 9.49. The fraction of sp³-hybridized carbons (Fsp3) is 0.471. The van der Waals surface area contributed by atoms with Crippen LogP contribution in [0.2, 0.25) is 0 Å². The van der Waals surface area contributed by atoms with Crippen molar-refractivity contribution in [3.05, 3.63) is 42.0 Å². The number of carbonyl (C=O) groups is 1. The van der Waals surface area contributed by atoms with E-state index in [-0.39, 0.29) is 5.97 Å². The molecule has 0 spiro atoms. The number of hydrogen-bond donors (Lipinski definition) is 0. The highest BCUT2D eigenvalue weighted by Gasteiger charge is 2.26. The Bertz CT molecular complexity index is 432. The summed E-state index contributed by atoms with van der Waals surface area (Å²) in [5, 5.41) is 0. The summed E-state index contributed by atoms with van der Waals surface area (Å²) in [6, 6.07) is 8.00. The van der Waals surface area contributed by atoms with E-state index in [4.69, 9.17) is 9.47 Å². The lowest BCUT2D eigenvalue weighted by atomic mass is 9.91. The molecule has 0 aliphatic carbocycles. The van der Waals surface area contributed by atoms with Crippen LogP contribution in [0.3, 0.4) is 0 Å². The first kappa shape index (κ1) is 16.4. The normalized spacial score (nSPS) is 11.2. The van der Waals surface area contributed by atoms with Crippen molar-refractivity contribution in [3.8, 4) is 0 Å². The number of carbonyl (C=O) groups excluding carboxylic acids is 1. The van der Waals surface area contributed by atoms with Gasteiger partial charge in [0.25, 0.3) is 0 Å². The number of hydrogen-bond acceptors (Lipinski definition) is 3. The van der Waals surface area contributed by atoms with Gasteiger partial charge in [-0.3, -0.25) is 4.79 Å². The molecule has 20 heavy (non-hydrogen) atoms. The molecule has 0 radical (unpaired) electrons. The van der Waals surface area contributed by atoms with E-state index >= 15 is 0 Å². The van der Waals surface area contributed by atoms with Crippen LogP contribution in [-0.4, -0.2) is 19.2 Å². The molecule has 0 amide bonds. The Morgan fingerprint density at radius 1 is 1.25 bits per heavy atom. The highest BCUT2D eigenvalue weighted by Crippen LogP contribution is 2.21. The lowest BCUT2D eigenvalue weighted by molar-refractivity contribution is -0.155. The van der Waals surface area contributed by atoms with Crippen LogP contribution >= 0.6 is 0 Å². The van der Waals surface area contributed by atoms with Gasteiger partial charge in [-0.15, -0.1) is 0 Å². The molecular weight excluding hydrogens is 252 g/mol. The van der Waals surface area contributed by atoms with Crippen molar-refractivity contribution in [2.75, 3.05) is 13.2 Å². The fourth-order valence-electron chi connectivity index (χ4n) is 1.47. The number of esters is 1. The van der Waals surface area contributed by atoms with Crippen molar-refractivity contribution >= 4 is 12.0 Å². The molecule has 3 nitrogen and oxygen atoms in total. The minimum Gasteiger partial charge on any atom is -0.463 e. The molecule has 0 aliphatic rings. The Labute approximate surface area is 121 Å². The van der Waals surface area contributed by atoms with Crippen LogP contribution in [0, 0.1) is 5.41 Å². The molecule has 0 aromatic heterocycles. The molecule has 0 unspecified atom stereocenters. The summed E-state index contributed by atoms with van der Waals surface area (Å²) in [7, 11) is 0. The van der Waals surface area contributed by atoms with E-state index in [0.717, 1.165) is 17.5 Å². The largest absolute Gasteiger partial charge is 0.463 e. The third kappa shape index (κ3) is 5.17. The Morgan fingerprint density at radius 2 is 1.90 bits per heavy atom. The SMILES string of the molecule is C=Cc1ccc(COCCOC(=O)C(C)(C)CC)cc1. The van der Waals surface area contributed by atoms with Gasteiger partial charge in [-0.2, -0.15) is 0 Å². The van der Waals surface area contributed by atoms with Gasteiger partial charge in [-0.05, 0) is 31.4 Å². The van der Waals surface area contributed by atoms with Crippen LogP contribution in [0.15, 0.2) is 30.8 Å². The van der Waals surface area contributed by atoms with E-state index in [1.165, 1.54) is 0 Å². The third-order valence-electron chi connectivity index (χ3n) is 3.38. The van der Waals surface area contributed by atoms with Gasteiger partial charge >= 0.3 is 5.97 Å². The van der Waals surface area contributed by atoms with Crippen molar-refractivity contribution in [1.29, 1.82) is 0 Å². The van der Waals surface area contributed by atoms with E-state index < -0.39 is 5.41 Å². The number of ether oxygens (including phenoxy) is 2. The molecule has 0 aliphatic heterocycles. The highest BCUT2D eigenvalue weighted by atomic mass is 16.6. The maximum Gasteiger partial charge on any atom is 0.311 e. The lowest BCUT2D eigenvalue weighted by Crippen LogP contribution is -2.27. The maximum absolute atomic E-state index is 11.7. The van der Waals surface area contributed by atoms with E-state index in [0.29, 0.717) is 19.8 Å². The van der Waals surface area contributed by atoms with E-state index in [1.54, 1.807) is 6.08 Å². The molecule has 1 aromatic rings. The minimum atomic E-state index is -0.416. The first-order valence-electron chi connectivity index (χ1n) is 6.96. The molecule has 1 aromatic carbocycles. The summed E-state index contributed by atoms with van der Waals surface area (Å²) in [6.07, 6.45) is 2.57. The zero-order valence-corrected chi connectivity index (χ0v) is 12.6. The molecule has 1 rings (SSSR count). The van der Waals surface area contributed by atoms with Gasteiger partial charge in [0, 0.05) is 0 Å². The quantitative estimate of drug-likeness (QED) is 0.535. The van der Waals surface area contributed by atoms with Gasteiger partial charge in [0.05, 0.1) is 18.6 Å². The molecule has 3 heteroatoms. The molecule has 0 saturated carbocycles. The molecule has 0 saturated heterocycles. The summed E-state index contributed by atoms with van der Waals surface area (Å²) in [5.74, 6) is -0.168. The smallest absolute Gasteiger partial charge is 0.311 e. The van der Waals surface area contributed by atoms with Crippen molar-refractivity contribution < 1.29 is 14.3 Å². The number of benzene rings is 1. The summed E-state index contributed by atoms with van der Waals surface area (Å²) in [5.41, 5.74) is 1.76. The molecule has 110 valence electrons. The monoisotopic (exact) mass is 276 g/mol. The zero-order valence-electron chi connectivity index (χ0n) is 12.6. The molecule has 0 heterocycles. The Hall–Kier alpha value is -1.61. The van der Waals surface area contributed by atoms with Crippen LogP contribution in [0.5, 0.6) is 0 Å². The third-order valence-corrected chi connectivity index (χ3v) is 3.38. The second-order valence-electron chi connectivity index (χ2n) is 5.37. The second-order valence-corrected chi connectivity index (χ2v) is 5.37. The summed E-state index contributed by atoms with van der Waals surface area (Å²) < 4.78 is 10.7. The fourth-order valence-corrected chi connectivity index (χ4v) is 1.47. The van der Waals surface area contributed by atoms with Crippen LogP contribution < -0.4 is 0 Å². The van der Waals surface area contributed by atoms with Crippen LogP contribution in [0.4, 0.5) is 0 Å². The van der Waals surface area contributed by atoms with Gasteiger partial charge < -0.3 is 9.47 Å². The summed E-state index contributed by atoms with van der Waals surface area (Å²) in [4.78, 5) is 11.7. The van der Waals surface area contributed by atoms with Crippen LogP contribution in [0.25, 0.3) is 6.08 Å². The standard InChI is InChI=1S/C17H24O3/c1-5-14-7-9-15(10-8-14)13-19-11-12-20-16(18)17(3,4)6-2/h5,7-10H,1,6,11-13H2,2-4H3. The summed E-state index contributed by atoms with van der Waals surface area (Å²) in [6.45, 7) is 10.7. The van der Waals surface area contributed by atoms with Crippen LogP contribution in [-0.2, 0) is 20.9 Å². The maximum atomic E-state index is 11.7. The van der Waals surface area contributed by atoms with Crippen LogP contribution in [0.1, 0.15) is 38.3 Å². The lowest BCUT2D eigenvalue weighted by Gasteiger charge is -2.20. The average molecular weight is 276 g/mol. The van der Waals surface area contributed by atoms with Gasteiger partial charge in [0.1, 0.15) is 6.61 Å². The molecule has 0 atom stereocenters. The van der Waals surface area contributed by atoms with Gasteiger partial charge in [0.15, 0.2) is 0 Å². The summed E-state index contributed by atoms with van der Waals surface area (Å²) >= 11 is 0. The second kappa shape index (κ2) is 7.85. The predicted molar refractivity (Wildman–Crippen MR) is 81.2 cm³/mol. The first-order valence-corrected chi connectivity index (χ1v) is 6.96. The van der Waals surface area contributed by atoms with Crippen molar-refractivity contribution in [1.82, 2.24) is 0 Å². The molecular formula is C17H24O3. The van der Waals surface area contributed by atoms with Crippen molar-refractivity contribution in [3.63, 3.8) is 0 Å². The van der Waals surface area contributed by atoms with E-state index in [2.05, 4.69) is 6.58 Å². The van der Waals surface area contributed by atoms with Gasteiger partial charge in [-0.1, -0.05) is 43.8 Å². The molecule has 0 bridgehead atoms.